The van der Waals surface area contributed by atoms with E-state index in [1.165, 1.54) is 193 Å². The van der Waals surface area contributed by atoms with Crippen LogP contribution in [0.2, 0.25) is 0 Å². The van der Waals surface area contributed by atoms with Gasteiger partial charge in [0.05, 0.1) is 0 Å². The zero-order valence-corrected chi connectivity index (χ0v) is 38.6. The summed E-state index contributed by atoms with van der Waals surface area (Å²) in [6.45, 7) is 6.65. The summed E-state index contributed by atoms with van der Waals surface area (Å²) in [6.07, 6.45) is 49.5. The summed E-state index contributed by atoms with van der Waals surface area (Å²) in [4.78, 5) is 37.8. The second-order valence-corrected chi connectivity index (χ2v) is 17.5. The molecule has 0 fully saturated rings. The van der Waals surface area contributed by atoms with Crippen molar-refractivity contribution in [2.45, 2.75) is 297 Å². The van der Waals surface area contributed by atoms with Crippen LogP contribution >= 0.6 is 0 Å². The van der Waals surface area contributed by atoms with E-state index in [1.54, 1.807) is 0 Å². The van der Waals surface area contributed by atoms with Gasteiger partial charge in [0.25, 0.3) is 0 Å². The van der Waals surface area contributed by atoms with E-state index >= 15 is 0 Å². The SMILES string of the molecule is CCCCCCCCCCCCCCCCCCCCCC(=O)OC[C@H](COC(=O)CCCCCCCCCCCCC)OC(=O)CCCCCCCCCCC. The predicted octanol–water partition coefficient (Wildman–Crippen LogP) is 16.4. The smallest absolute Gasteiger partial charge is 0.306 e. The summed E-state index contributed by atoms with van der Waals surface area (Å²) >= 11 is 0. The van der Waals surface area contributed by atoms with Crippen molar-refractivity contribution < 1.29 is 28.6 Å². The van der Waals surface area contributed by atoms with E-state index in [0.717, 1.165) is 57.8 Å². The number of hydrogen-bond donors (Lipinski definition) is 0. The first kappa shape index (κ1) is 55.4. The number of carbonyl (C=O) groups is 3. The van der Waals surface area contributed by atoms with Crippen LogP contribution in [-0.4, -0.2) is 37.2 Å². The number of esters is 3. The first-order valence-electron chi connectivity index (χ1n) is 25.5. The van der Waals surface area contributed by atoms with Gasteiger partial charge in [0, 0.05) is 19.3 Å². The fourth-order valence-corrected chi connectivity index (χ4v) is 7.74. The molecule has 338 valence electrons. The van der Waals surface area contributed by atoms with Crippen molar-refractivity contribution in [2.24, 2.45) is 0 Å². The van der Waals surface area contributed by atoms with Crippen molar-refractivity contribution in [1.82, 2.24) is 0 Å². The minimum atomic E-state index is -0.758. The molecule has 6 heteroatoms. The minimum Gasteiger partial charge on any atom is -0.462 e. The average molecular weight is 807 g/mol. The van der Waals surface area contributed by atoms with Crippen molar-refractivity contribution in [3.63, 3.8) is 0 Å². The number of rotatable bonds is 47. The number of ether oxygens (including phenoxy) is 3. The van der Waals surface area contributed by atoms with E-state index in [4.69, 9.17) is 14.2 Å². The third kappa shape index (κ3) is 45.3. The Morgan fingerprint density at radius 3 is 0.702 bits per heavy atom. The summed E-state index contributed by atoms with van der Waals surface area (Å²) in [7, 11) is 0. The lowest BCUT2D eigenvalue weighted by molar-refractivity contribution is -0.167. The fraction of sp³-hybridized carbons (Fsp3) is 0.941. The fourth-order valence-electron chi connectivity index (χ4n) is 7.74. The molecule has 0 aromatic carbocycles. The van der Waals surface area contributed by atoms with Crippen LogP contribution in [0.1, 0.15) is 290 Å². The molecule has 0 aliphatic rings. The van der Waals surface area contributed by atoms with Crippen LogP contribution in [0.25, 0.3) is 0 Å². The van der Waals surface area contributed by atoms with Gasteiger partial charge in [-0.3, -0.25) is 14.4 Å². The van der Waals surface area contributed by atoms with Gasteiger partial charge in [0.2, 0.25) is 0 Å². The molecule has 0 aromatic heterocycles. The lowest BCUT2D eigenvalue weighted by Crippen LogP contribution is -2.30. The van der Waals surface area contributed by atoms with Crippen LogP contribution in [0, 0.1) is 0 Å². The number of unbranched alkanes of at least 4 members (excludes halogenated alkanes) is 36. The quantitative estimate of drug-likeness (QED) is 0.0346. The highest BCUT2D eigenvalue weighted by Crippen LogP contribution is 2.17. The maximum absolute atomic E-state index is 12.7. The molecule has 0 heterocycles. The Labute approximate surface area is 355 Å². The van der Waals surface area contributed by atoms with Gasteiger partial charge >= 0.3 is 17.9 Å². The van der Waals surface area contributed by atoms with Crippen molar-refractivity contribution in [3.8, 4) is 0 Å². The second kappa shape index (κ2) is 47.1. The predicted molar refractivity (Wildman–Crippen MR) is 243 cm³/mol. The minimum absolute atomic E-state index is 0.0623. The second-order valence-electron chi connectivity index (χ2n) is 17.5. The molecule has 0 bridgehead atoms. The molecule has 0 rings (SSSR count). The van der Waals surface area contributed by atoms with E-state index in [1.807, 2.05) is 0 Å². The molecule has 0 aliphatic carbocycles. The Balaban J connectivity index is 4.18. The van der Waals surface area contributed by atoms with Crippen LogP contribution in [0.15, 0.2) is 0 Å². The Morgan fingerprint density at radius 1 is 0.281 bits per heavy atom. The zero-order chi connectivity index (χ0) is 41.5. The standard InChI is InChI=1S/C51H98O6/c1-4-7-10-13-16-19-21-22-23-24-25-26-27-28-30-33-35-38-41-44-50(53)56-47-48(57-51(54)45-42-39-36-31-18-15-12-9-6-3)46-55-49(52)43-40-37-34-32-29-20-17-14-11-8-5-2/h48H,4-47H2,1-3H3/t48-/m0/s1. The van der Waals surface area contributed by atoms with Gasteiger partial charge in [-0.2, -0.15) is 0 Å². The van der Waals surface area contributed by atoms with Crippen LogP contribution < -0.4 is 0 Å². The van der Waals surface area contributed by atoms with Crippen molar-refractivity contribution in [1.29, 1.82) is 0 Å². The largest absolute Gasteiger partial charge is 0.462 e. The Bertz CT molecular complexity index is 844. The van der Waals surface area contributed by atoms with Gasteiger partial charge in [-0.1, -0.05) is 252 Å². The normalized spacial score (nSPS) is 11.8. The third-order valence-corrected chi connectivity index (χ3v) is 11.6. The van der Waals surface area contributed by atoms with Crippen molar-refractivity contribution >= 4 is 17.9 Å². The van der Waals surface area contributed by atoms with Gasteiger partial charge in [-0.05, 0) is 19.3 Å². The highest BCUT2D eigenvalue weighted by atomic mass is 16.6. The molecule has 6 nitrogen and oxygen atoms in total. The van der Waals surface area contributed by atoms with E-state index in [0.29, 0.717) is 19.3 Å². The molecular weight excluding hydrogens is 709 g/mol. The lowest BCUT2D eigenvalue weighted by atomic mass is 10.0. The molecule has 0 spiro atoms. The molecule has 0 aliphatic heterocycles. The van der Waals surface area contributed by atoms with Gasteiger partial charge < -0.3 is 14.2 Å². The highest BCUT2D eigenvalue weighted by Gasteiger charge is 2.19. The summed E-state index contributed by atoms with van der Waals surface area (Å²) in [5, 5.41) is 0. The molecule has 0 aromatic rings. The summed E-state index contributed by atoms with van der Waals surface area (Å²) < 4.78 is 16.7. The Kier molecular flexibility index (Phi) is 45.8. The first-order chi connectivity index (χ1) is 28.0. The maximum Gasteiger partial charge on any atom is 0.306 e. The van der Waals surface area contributed by atoms with Crippen LogP contribution in [0.5, 0.6) is 0 Å². The van der Waals surface area contributed by atoms with Gasteiger partial charge in [-0.25, -0.2) is 0 Å². The van der Waals surface area contributed by atoms with Crippen LogP contribution in [0.3, 0.4) is 0 Å². The number of carbonyl (C=O) groups excluding carboxylic acids is 3. The monoisotopic (exact) mass is 807 g/mol. The first-order valence-corrected chi connectivity index (χ1v) is 25.5. The maximum atomic E-state index is 12.7. The summed E-state index contributed by atoms with van der Waals surface area (Å²) in [5.41, 5.74) is 0. The molecule has 0 unspecified atom stereocenters. The number of hydrogen-bond acceptors (Lipinski definition) is 6. The van der Waals surface area contributed by atoms with Crippen molar-refractivity contribution in [2.75, 3.05) is 13.2 Å². The van der Waals surface area contributed by atoms with Gasteiger partial charge in [0.15, 0.2) is 6.10 Å². The van der Waals surface area contributed by atoms with E-state index in [-0.39, 0.29) is 31.1 Å². The third-order valence-electron chi connectivity index (χ3n) is 11.6. The van der Waals surface area contributed by atoms with Crippen LogP contribution in [0.4, 0.5) is 0 Å². The molecule has 0 saturated carbocycles. The van der Waals surface area contributed by atoms with Gasteiger partial charge in [-0.15, -0.1) is 0 Å². The molecule has 1 atom stereocenters. The topological polar surface area (TPSA) is 78.9 Å². The molecular formula is C51H98O6. The average Bonchev–Trinajstić information content (AvgIpc) is 3.21. The Hall–Kier alpha value is -1.59. The van der Waals surface area contributed by atoms with E-state index in [9.17, 15) is 14.4 Å². The molecule has 0 saturated heterocycles. The molecule has 0 N–H and O–H groups in total. The van der Waals surface area contributed by atoms with Crippen LogP contribution in [-0.2, 0) is 28.6 Å². The highest BCUT2D eigenvalue weighted by molar-refractivity contribution is 5.71. The van der Waals surface area contributed by atoms with Gasteiger partial charge in [0.1, 0.15) is 13.2 Å². The zero-order valence-electron chi connectivity index (χ0n) is 38.6. The van der Waals surface area contributed by atoms with Crippen molar-refractivity contribution in [3.05, 3.63) is 0 Å². The van der Waals surface area contributed by atoms with E-state index < -0.39 is 6.10 Å². The summed E-state index contributed by atoms with van der Waals surface area (Å²) in [5.74, 6) is -0.847. The van der Waals surface area contributed by atoms with E-state index in [2.05, 4.69) is 20.8 Å². The molecule has 57 heavy (non-hydrogen) atoms. The summed E-state index contributed by atoms with van der Waals surface area (Å²) in [6, 6.07) is 0. The molecule has 0 radical (unpaired) electrons. The Morgan fingerprint density at radius 2 is 0.474 bits per heavy atom. The lowest BCUT2D eigenvalue weighted by Gasteiger charge is -2.18. The molecule has 0 amide bonds.